The van der Waals surface area contributed by atoms with Crippen LogP contribution < -0.4 is 0 Å². The summed E-state index contributed by atoms with van der Waals surface area (Å²) in [6.45, 7) is 4.35. The SMILES string of the molecule is Cc1ccc(-c2cc(-c3cc(-c4ccccc4)nc(-c4ccccc4)n3)cc(-c3cc4ccccc4c4ccccc34)c2)c(C)c1.c1ccc(-c2ccc(-c3cc(-c4nc(-c5ccccc5)nc(-c5ccccc5)n4)cc(-c4cc5ccccc5c5ccccc45)c3)cc2)cc1. The van der Waals surface area contributed by atoms with E-state index in [1.165, 1.54) is 87.6 Å². The molecule has 5 nitrogen and oxygen atoms in total. The first-order valence-electron chi connectivity index (χ1n) is 32.6. The van der Waals surface area contributed by atoms with E-state index in [1.807, 2.05) is 84.9 Å². The molecule has 0 saturated carbocycles. The van der Waals surface area contributed by atoms with Gasteiger partial charge in [0.25, 0.3) is 0 Å². The summed E-state index contributed by atoms with van der Waals surface area (Å²) < 4.78 is 0. The minimum atomic E-state index is 0.631. The van der Waals surface area contributed by atoms with Crippen LogP contribution >= 0.6 is 0 Å². The monoisotopic (exact) mass is 1230 g/mol. The molecule has 0 radical (unpaired) electrons. The Morgan fingerprint density at radius 1 is 0.177 bits per heavy atom. The van der Waals surface area contributed by atoms with Crippen molar-refractivity contribution in [1.29, 1.82) is 0 Å². The molecule has 0 fully saturated rings. The van der Waals surface area contributed by atoms with E-state index >= 15 is 0 Å². The molecule has 452 valence electrons. The van der Waals surface area contributed by atoms with Gasteiger partial charge in [-0.2, -0.15) is 0 Å². The van der Waals surface area contributed by atoms with Crippen molar-refractivity contribution >= 4 is 43.1 Å². The van der Waals surface area contributed by atoms with Gasteiger partial charge in [-0.05, 0) is 173 Å². The van der Waals surface area contributed by atoms with Gasteiger partial charge in [0.2, 0.25) is 0 Å². The molecule has 5 heteroatoms. The van der Waals surface area contributed by atoms with Crippen LogP contribution in [0.15, 0.2) is 346 Å². The number of nitrogens with zero attached hydrogens (tertiary/aromatic N) is 5. The lowest BCUT2D eigenvalue weighted by Gasteiger charge is -2.16. The fraction of sp³-hybridized carbons (Fsp3) is 0.0220. The minimum Gasteiger partial charge on any atom is -0.228 e. The highest BCUT2D eigenvalue weighted by Crippen LogP contribution is 2.43. The minimum absolute atomic E-state index is 0.631. The molecule has 0 N–H and O–H groups in total. The van der Waals surface area contributed by atoms with Gasteiger partial charge < -0.3 is 0 Å². The summed E-state index contributed by atoms with van der Waals surface area (Å²) in [6.07, 6.45) is 0. The number of benzene rings is 15. The Labute approximate surface area is 559 Å². The largest absolute Gasteiger partial charge is 0.228 e. The van der Waals surface area contributed by atoms with Crippen molar-refractivity contribution in [2.75, 3.05) is 0 Å². The van der Waals surface area contributed by atoms with Gasteiger partial charge in [-0.25, -0.2) is 24.9 Å². The Kier molecular flexibility index (Phi) is 15.8. The predicted molar refractivity (Wildman–Crippen MR) is 401 cm³/mol. The van der Waals surface area contributed by atoms with Crippen molar-refractivity contribution in [3.8, 4) is 124 Å². The molecule has 0 atom stereocenters. The molecule has 2 heterocycles. The van der Waals surface area contributed by atoms with Crippen LogP contribution in [0.2, 0.25) is 0 Å². The quantitative estimate of drug-likeness (QED) is 0.121. The van der Waals surface area contributed by atoms with E-state index in [0.29, 0.717) is 23.3 Å². The smallest absolute Gasteiger partial charge is 0.164 e. The molecule has 17 rings (SSSR count). The maximum Gasteiger partial charge on any atom is 0.164 e. The zero-order chi connectivity index (χ0) is 64.3. The van der Waals surface area contributed by atoms with Crippen LogP contribution in [0.4, 0.5) is 0 Å². The third-order valence-corrected chi connectivity index (χ3v) is 18.1. The maximum atomic E-state index is 5.21. The first kappa shape index (κ1) is 58.5. The van der Waals surface area contributed by atoms with Crippen molar-refractivity contribution in [1.82, 2.24) is 24.9 Å². The second-order valence-corrected chi connectivity index (χ2v) is 24.5. The number of rotatable bonds is 11. The molecule has 0 aliphatic rings. The summed E-state index contributed by atoms with van der Waals surface area (Å²) in [5.74, 6) is 2.63. The number of hydrogen-bond donors (Lipinski definition) is 0. The van der Waals surface area contributed by atoms with Crippen LogP contribution in [-0.2, 0) is 0 Å². The molecule has 0 aliphatic heterocycles. The lowest BCUT2D eigenvalue weighted by molar-refractivity contribution is 1.07. The summed E-state index contributed by atoms with van der Waals surface area (Å²) in [5.41, 5.74) is 21.9. The van der Waals surface area contributed by atoms with Crippen LogP contribution in [-0.4, -0.2) is 24.9 Å². The average molecular weight is 1230 g/mol. The first-order valence-corrected chi connectivity index (χ1v) is 32.6. The van der Waals surface area contributed by atoms with Crippen molar-refractivity contribution < 1.29 is 0 Å². The van der Waals surface area contributed by atoms with Gasteiger partial charge in [-0.3, -0.25) is 0 Å². The third-order valence-electron chi connectivity index (χ3n) is 18.1. The van der Waals surface area contributed by atoms with E-state index < -0.39 is 0 Å². The Bertz CT molecular complexity index is 5580. The number of hydrogen-bond acceptors (Lipinski definition) is 5. The molecule has 0 saturated heterocycles. The second kappa shape index (κ2) is 25.8. The summed E-state index contributed by atoms with van der Waals surface area (Å²) in [4.78, 5) is 25.4. The van der Waals surface area contributed by atoms with E-state index in [-0.39, 0.29) is 0 Å². The van der Waals surface area contributed by atoms with Crippen molar-refractivity contribution in [3.63, 3.8) is 0 Å². The second-order valence-electron chi connectivity index (χ2n) is 24.5. The number of aryl methyl sites for hydroxylation is 2. The van der Waals surface area contributed by atoms with Gasteiger partial charge >= 0.3 is 0 Å². The molecule has 0 bridgehead atoms. The number of fused-ring (bicyclic) bond motifs is 6. The molecule has 0 amide bonds. The van der Waals surface area contributed by atoms with E-state index in [2.05, 4.69) is 275 Å². The molecule has 0 unspecified atom stereocenters. The van der Waals surface area contributed by atoms with Gasteiger partial charge in [0.05, 0.1) is 11.4 Å². The Morgan fingerprint density at radius 3 is 0.979 bits per heavy atom. The van der Waals surface area contributed by atoms with Crippen LogP contribution in [0.25, 0.3) is 167 Å². The lowest BCUT2D eigenvalue weighted by Crippen LogP contribution is -2.00. The highest BCUT2D eigenvalue weighted by atomic mass is 15.0. The zero-order valence-corrected chi connectivity index (χ0v) is 53.1. The molecule has 2 aromatic heterocycles. The highest BCUT2D eigenvalue weighted by molar-refractivity contribution is 6.15. The Morgan fingerprint density at radius 2 is 0.500 bits per heavy atom. The van der Waals surface area contributed by atoms with Crippen LogP contribution in [0, 0.1) is 13.8 Å². The fourth-order valence-electron chi connectivity index (χ4n) is 13.4. The third kappa shape index (κ3) is 11.9. The molecular weight excluding hydrogens is 1160 g/mol. The summed E-state index contributed by atoms with van der Waals surface area (Å²) >= 11 is 0. The molecule has 17 aromatic rings. The predicted octanol–water partition coefficient (Wildman–Crippen LogP) is 23.9. The Hall–Kier alpha value is -12.6. The van der Waals surface area contributed by atoms with Crippen LogP contribution in [0.3, 0.4) is 0 Å². The van der Waals surface area contributed by atoms with Crippen LogP contribution in [0.5, 0.6) is 0 Å². The molecule has 0 spiro atoms. The summed E-state index contributed by atoms with van der Waals surface area (Å²) in [6, 6.07) is 122. The van der Waals surface area contributed by atoms with Crippen molar-refractivity contribution in [2.45, 2.75) is 13.8 Å². The zero-order valence-electron chi connectivity index (χ0n) is 53.1. The summed E-state index contributed by atoms with van der Waals surface area (Å²) in [5, 5.41) is 9.89. The summed E-state index contributed by atoms with van der Waals surface area (Å²) in [7, 11) is 0. The first-order chi connectivity index (χ1) is 47.4. The van der Waals surface area contributed by atoms with Crippen molar-refractivity contribution in [2.24, 2.45) is 0 Å². The maximum absolute atomic E-state index is 5.21. The van der Waals surface area contributed by atoms with E-state index in [0.717, 1.165) is 67.0 Å². The van der Waals surface area contributed by atoms with Gasteiger partial charge in [0, 0.05) is 33.4 Å². The van der Waals surface area contributed by atoms with Crippen LogP contribution in [0.1, 0.15) is 11.1 Å². The van der Waals surface area contributed by atoms with Crippen molar-refractivity contribution in [3.05, 3.63) is 357 Å². The average Bonchev–Trinajstić information content (AvgIpc) is 0.767. The highest BCUT2D eigenvalue weighted by Gasteiger charge is 2.20. The van der Waals surface area contributed by atoms with Gasteiger partial charge in [-0.1, -0.05) is 297 Å². The van der Waals surface area contributed by atoms with E-state index in [9.17, 15) is 0 Å². The standard InChI is InChI=1S/C47H31N3.C44H32N2/c1-4-14-32(15-5-1)33-24-26-34(27-25-33)38-28-39(44-31-37-20-10-11-21-41(37)42-22-12-13-23-43(42)44)30-40(29-38)47-49-45(35-16-6-2-7-17-35)48-46(50-47)36-18-8-3-9-19-36;1-29-21-22-37(30(2)23-29)34-24-35(41-27-33-17-9-10-18-38(33)39-19-11-12-20-40(39)41)26-36(25-34)43-28-42(31-13-5-3-6-14-31)45-44(46-43)32-15-7-4-8-16-32/h1-31H;3-28H,1-2H3. The van der Waals surface area contributed by atoms with E-state index in [1.54, 1.807) is 0 Å². The lowest BCUT2D eigenvalue weighted by atomic mass is 9.89. The Balaban J connectivity index is 0.000000152. The molecule has 15 aromatic carbocycles. The topological polar surface area (TPSA) is 64.5 Å². The molecule has 96 heavy (non-hydrogen) atoms. The normalized spacial score (nSPS) is 11.2. The fourth-order valence-corrected chi connectivity index (χ4v) is 13.4. The molecular formula is C91H63N5. The van der Waals surface area contributed by atoms with E-state index in [4.69, 9.17) is 24.9 Å². The number of aromatic nitrogens is 5. The van der Waals surface area contributed by atoms with Gasteiger partial charge in [0.15, 0.2) is 23.3 Å². The molecule has 0 aliphatic carbocycles. The van der Waals surface area contributed by atoms with Gasteiger partial charge in [0.1, 0.15) is 0 Å². The van der Waals surface area contributed by atoms with Gasteiger partial charge in [-0.15, -0.1) is 0 Å².